The maximum atomic E-state index is 11.9. The van der Waals surface area contributed by atoms with Gasteiger partial charge in [-0.1, -0.05) is 60.7 Å². The number of benzene rings is 2. The molecule has 6 heteroatoms. The molecule has 0 saturated carbocycles. The Kier molecular flexibility index (Phi) is 6.57. The van der Waals surface area contributed by atoms with Gasteiger partial charge >= 0.3 is 0 Å². The Bertz CT molecular complexity index is 871. The number of nitrogens with one attached hydrogen (secondary N) is 2. The first-order valence-corrected chi connectivity index (χ1v) is 9.44. The minimum Gasteiger partial charge on any atom is -0.378 e. The van der Waals surface area contributed by atoms with E-state index in [0.29, 0.717) is 37.3 Å². The van der Waals surface area contributed by atoms with Crippen molar-refractivity contribution in [2.24, 2.45) is 11.5 Å². The van der Waals surface area contributed by atoms with Crippen LogP contribution in [0.1, 0.15) is 11.1 Å². The van der Waals surface area contributed by atoms with Crippen molar-refractivity contribution in [2.45, 2.75) is 24.9 Å². The van der Waals surface area contributed by atoms with Crippen LogP contribution in [-0.2, 0) is 12.8 Å². The summed E-state index contributed by atoms with van der Waals surface area (Å²) in [6.45, 7) is 0.814. The molecule has 3 aromatic carbocycles. The van der Waals surface area contributed by atoms with Gasteiger partial charge < -0.3 is 22.1 Å². The van der Waals surface area contributed by atoms with Gasteiger partial charge in [0.25, 0.3) is 10.9 Å². The van der Waals surface area contributed by atoms with Crippen LogP contribution in [0.15, 0.2) is 70.3 Å². The van der Waals surface area contributed by atoms with Crippen molar-refractivity contribution in [3.8, 4) is 0 Å². The molecule has 0 aliphatic rings. The summed E-state index contributed by atoms with van der Waals surface area (Å²) in [6.07, 6.45) is 1.38. The van der Waals surface area contributed by atoms with Gasteiger partial charge in [0.05, 0.1) is 0 Å². The SMILES string of the molecule is N[C@H](CNc1c(NC[C@@H](N)Cc2ccccc2)c(=O)c1=O)Cc1ccccc1. The van der Waals surface area contributed by atoms with Crippen LogP contribution in [0.25, 0.3) is 0 Å². The van der Waals surface area contributed by atoms with E-state index in [4.69, 9.17) is 11.5 Å². The van der Waals surface area contributed by atoms with E-state index in [2.05, 4.69) is 10.6 Å². The number of hydrogen-bond donors (Lipinski definition) is 4. The molecule has 0 spiro atoms. The van der Waals surface area contributed by atoms with Gasteiger partial charge in [-0.25, -0.2) is 0 Å². The third-order valence-electron chi connectivity index (χ3n) is 4.67. The molecule has 0 amide bonds. The fourth-order valence-electron chi connectivity index (χ4n) is 3.17. The summed E-state index contributed by atoms with van der Waals surface area (Å²) in [6, 6.07) is 19.5. The van der Waals surface area contributed by atoms with Crippen molar-refractivity contribution in [1.29, 1.82) is 0 Å². The smallest absolute Gasteiger partial charge is 0.253 e. The summed E-state index contributed by atoms with van der Waals surface area (Å²) < 4.78 is 0. The highest BCUT2D eigenvalue weighted by Crippen LogP contribution is 2.15. The molecule has 0 aromatic heterocycles. The van der Waals surface area contributed by atoms with Crippen molar-refractivity contribution >= 4 is 11.4 Å². The van der Waals surface area contributed by atoms with E-state index < -0.39 is 10.9 Å². The lowest BCUT2D eigenvalue weighted by atomic mass is 10.1. The molecule has 0 aliphatic heterocycles. The van der Waals surface area contributed by atoms with Crippen LogP contribution in [0.5, 0.6) is 0 Å². The Morgan fingerprint density at radius 3 is 1.36 bits per heavy atom. The van der Waals surface area contributed by atoms with E-state index in [0.717, 1.165) is 11.1 Å². The zero-order valence-corrected chi connectivity index (χ0v) is 15.7. The first-order valence-electron chi connectivity index (χ1n) is 9.44. The molecule has 0 unspecified atom stereocenters. The zero-order valence-electron chi connectivity index (χ0n) is 15.7. The average Bonchev–Trinajstić information content (AvgIpc) is 2.71. The Labute approximate surface area is 164 Å². The summed E-state index contributed by atoms with van der Waals surface area (Å²) >= 11 is 0. The second kappa shape index (κ2) is 9.30. The minimum absolute atomic E-state index is 0.167. The molecule has 2 atom stereocenters. The maximum absolute atomic E-state index is 11.9. The second-order valence-electron chi connectivity index (χ2n) is 7.07. The van der Waals surface area contributed by atoms with Crippen LogP contribution in [0.4, 0.5) is 11.4 Å². The van der Waals surface area contributed by atoms with Crippen molar-refractivity contribution in [3.05, 3.63) is 92.2 Å². The topological polar surface area (TPSA) is 110 Å². The number of hydrogen-bond acceptors (Lipinski definition) is 6. The fraction of sp³-hybridized carbons (Fsp3) is 0.273. The Balaban J connectivity index is 1.51. The molecular weight excluding hydrogens is 352 g/mol. The third kappa shape index (κ3) is 5.06. The molecule has 28 heavy (non-hydrogen) atoms. The van der Waals surface area contributed by atoms with Gasteiger partial charge in [-0.2, -0.15) is 0 Å². The molecular formula is C22H26N4O2. The highest BCUT2D eigenvalue weighted by atomic mass is 16.2. The van der Waals surface area contributed by atoms with E-state index in [1.807, 2.05) is 60.7 Å². The van der Waals surface area contributed by atoms with E-state index in [1.165, 1.54) is 0 Å². The third-order valence-corrected chi connectivity index (χ3v) is 4.67. The lowest BCUT2D eigenvalue weighted by Gasteiger charge is -2.19. The van der Waals surface area contributed by atoms with Crippen LogP contribution in [0.3, 0.4) is 0 Å². The Morgan fingerprint density at radius 2 is 1.00 bits per heavy atom. The first-order chi connectivity index (χ1) is 13.5. The number of rotatable bonds is 10. The van der Waals surface area contributed by atoms with Gasteiger partial charge in [0, 0.05) is 25.2 Å². The fourth-order valence-corrected chi connectivity index (χ4v) is 3.17. The second-order valence-corrected chi connectivity index (χ2v) is 7.07. The Morgan fingerprint density at radius 1 is 0.643 bits per heavy atom. The van der Waals surface area contributed by atoms with Gasteiger partial charge in [-0.3, -0.25) is 9.59 Å². The minimum atomic E-state index is -0.508. The first kappa shape index (κ1) is 19.8. The predicted molar refractivity (Wildman–Crippen MR) is 115 cm³/mol. The van der Waals surface area contributed by atoms with Crippen molar-refractivity contribution in [1.82, 2.24) is 0 Å². The molecule has 0 saturated heterocycles. The van der Waals surface area contributed by atoms with Gasteiger partial charge in [0.2, 0.25) is 0 Å². The quantitative estimate of drug-likeness (QED) is 0.395. The lowest BCUT2D eigenvalue weighted by molar-refractivity contribution is 0.694. The van der Waals surface area contributed by atoms with Crippen LogP contribution < -0.4 is 33.0 Å². The molecule has 0 fully saturated rings. The summed E-state index contributed by atoms with van der Waals surface area (Å²) in [5.74, 6) is 0. The molecule has 146 valence electrons. The van der Waals surface area contributed by atoms with Crippen LogP contribution >= 0.6 is 0 Å². The molecule has 0 bridgehead atoms. The zero-order chi connectivity index (χ0) is 19.9. The van der Waals surface area contributed by atoms with Gasteiger partial charge in [-0.15, -0.1) is 0 Å². The molecule has 0 aliphatic carbocycles. The Hall–Kier alpha value is -2.96. The van der Waals surface area contributed by atoms with E-state index in [-0.39, 0.29) is 12.1 Å². The number of nitrogens with two attached hydrogens (primary N) is 2. The van der Waals surface area contributed by atoms with Crippen LogP contribution in [0.2, 0.25) is 0 Å². The van der Waals surface area contributed by atoms with Gasteiger partial charge in [0.15, 0.2) is 0 Å². The van der Waals surface area contributed by atoms with Crippen molar-refractivity contribution in [2.75, 3.05) is 23.7 Å². The van der Waals surface area contributed by atoms with Gasteiger partial charge in [0.1, 0.15) is 11.4 Å². The molecule has 3 rings (SSSR count). The highest BCUT2D eigenvalue weighted by Gasteiger charge is 2.21. The summed E-state index contributed by atoms with van der Waals surface area (Å²) in [4.78, 5) is 23.8. The molecule has 3 aromatic rings. The standard InChI is InChI=1S/C22H26N4O2/c23-17(11-15-7-3-1-4-8-15)13-25-19-20(22(28)21(19)27)26-14-18(24)12-16-9-5-2-6-10-16/h1-10,17-18,25-26H,11-14,23-24H2/t17-,18-/m0/s1. The van der Waals surface area contributed by atoms with Crippen LogP contribution in [-0.4, -0.2) is 25.2 Å². The summed E-state index contributed by atoms with van der Waals surface area (Å²) in [5, 5.41) is 6.05. The van der Waals surface area contributed by atoms with Crippen molar-refractivity contribution < 1.29 is 0 Å². The largest absolute Gasteiger partial charge is 0.378 e. The lowest BCUT2D eigenvalue weighted by Crippen LogP contribution is -2.42. The molecule has 6 nitrogen and oxygen atoms in total. The van der Waals surface area contributed by atoms with Crippen molar-refractivity contribution in [3.63, 3.8) is 0 Å². The van der Waals surface area contributed by atoms with E-state index in [9.17, 15) is 9.59 Å². The van der Waals surface area contributed by atoms with E-state index in [1.54, 1.807) is 0 Å². The molecule has 6 N–H and O–H groups in total. The van der Waals surface area contributed by atoms with Crippen LogP contribution in [0, 0.1) is 0 Å². The molecule has 0 radical (unpaired) electrons. The summed E-state index contributed by atoms with van der Waals surface area (Å²) in [7, 11) is 0. The predicted octanol–water partition coefficient (Wildman–Crippen LogP) is 1.25. The molecule has 0 heterocycles. The normalized spacial score (nSPS) is 13.2. The summed E-state index contributed by atoms with van der Waals surface area (Å²) in [5.41, 5.74) is 14.1. The van der Waals surface area contributed by atoms with E-state index >= 15 is 0 Å². The van der Waals surface area contributed by atoms with Gasteiger partial charge in [-0.05, 0) is 24.0 Å². The monoisotopic (exact) mass is 378 g/mol. The number of anilines is 2. The maximum Gasteiger partial charge on any atom is 0.253 e. The average molecular weight is 378 g/mol. The highest BCUT2D eigenvalue weighted by molar-refractivity contribution is 5.74.